The maximum atomic E-state index is 4.36. The first kappa shape index (κ1) is 20.4. The Hall–Kier alpha value is -1.89. The van der Waals surface area contributed by atoms with Gasteiger partial charge in [-0.15, -0.1) is 0 Å². The summed E-state index contributed by atoms with van der Waals surface area (Å²) in [6.07, 6.45) is 9.11. The van der Waals surface area contributed by atoms with Crippen molar-refractivity contribution in [1.29, 1.82) is 0 Å². The number of pyridine rings is 1. The monoisotopic (exact) mass is 388 g/mol. The highest BCUT2D eigenvalue weighted by Crippen LogP contribution is 2.54. The predicted octanol–water partition coefficient (Wildman–Crippen LogP) is 6.96. The molecule has 1 heteroatoms. The van der Waals surface area contributed by atoms with Crippen molar-refractivity contribution in [2.24, 2.45) is 0 Å². The van der Waals surface area contributed by atoms with E-state index in [1.165, 1.54) is 29.7 Å². The number of hydrogen-bond donors (Lipinski definition) is 0. The molecule has 0 fully saturated rings. The van der Waals surface area contributed by atoms with Gasteiger partial charge in [-0.25, -0.2) is 0 Å². The van der Waals surface area contributed by atoms with E-state index in [9.17, 15) is 0 Å². The third kappa shape index (κ3) is 2.49. The first-order valence-electron chi connectivity index (χ1n) is 11.4. The fourth-order valence-corrected chi connectivity index (χ4v) is 6.32. The van der Waals surface area contributed by atoms with Crippen molar-refractivity contribution in [1.82, 2.24) is 0 Å². The molecule has 1 nitrogen and oxygen atoms in total. The van der Waals surface area contributed by atoms with Gasteiger partial charge in [-0.1, -0.05) is 54.2 Å². The van der Waals surface area contributed by atoms with Crippen LogP contribution in [0.4, 0.5) is 0 Å². The number of hydrogen-bond acceptors (Lipinski definition) is 0. The molecule has 1 aromatic heterocycles. The smallest absolute Gasteiger partial charge is 0.188 e. The zero-order valence-corrected chi connectivity index (χ0v) is 19.5. The molecule has 154 valence electrons. The molecule has 29 heavy (non-hydrogen) atoms. The van der Waals surface area contributed by atoms with Crippen LogP contribution in [0.1, 0.15) is 90.8 Å². The van der Waals surface area contributed by atoms with Gasteiger partial charge in [0.2, 0.25) is 5.69 Å². The number of fused-ring (bicyclic) bond motifs is 4. The first-order valence-corrected chi connectivity index (χ1v) is 11.4. The Balaban J connectivity index is 2.16. The summed E-state index contributed by atoms with van der Waals surface area (Å²) < 4.78 is 2.51. The molecule has 4 rings (SSSR count). The SMILES string of the molecule is C=CC1(CC)[n+]2ccccc2-c2cc3c(cc2C1(C)CC)C(C)(C)CCC3(C)C. The largest absolute Gasteiger partial charge is 0.213 e. The molecule has 2 heterocycles. The van der Waals surface area contributed by atoms with Crippen LogP contribution in [-0.4, -0.2) is 0 Å². The number of nitrogens with zero attached hydrogens (tertiary/aromatic N) is 1. The second-order valence-electron chi connectivity index (χ2n) is 10.8. The molecule has 0 radical (unpaired) electrons. The van der Waals surface area contributed by atoms with Crippen LogP contribution >= 0.6 is 0 Å². The maximum absolute atomic E-state index is 4.36. The average Bonchev–Trinajstić information content (AvgIpc) is 2.72. The number of rotatable bonds is 3. The maximum Gasteiger partial charge on any atom is 0.213 e. The minimum absolute atomic E-state index is 0.00452. The Labute approximate surface area is 177 Å². The zero-order chi connectivity index (χ0) is 21.2. The molecular formula is C28H38N+. The summed E-state index contributed by atoms with van der Waals surface area (Å²) in [7, 11) is 0. The van der Waals surface area contributed by atoms with Crippen molar-refractivity contribution in [2.45, 2.75) is 95.9 Å². The molecule has 1 aromatic carbocycles. The van der Waals surface area contributed by atoms with Crippen molar-refractivity contribution < 1.29 is 4.57 Å². The normalized spacial score (nSPS) is 28.8. The van der Waals surface area contributed by atoms with Crippen LogP contribution in [0.2, 0.25) is 0 Å². The molecule has 0 spiro atoms. The highest BCUT2D eigenvalue weighted by atomic mass is 15.1. The van der Waals surface area contributed by atoms with E-state index in [2.05, 4.69) is 102 Å². The highest BCUT2D eigenvalue weighted by molar-refractivity contribution is 5.69. The molecule has 0 saturated carbocycles. The van der Waals surface area contributed by atoms with E-state index in [4.69, 9.17) is 0 Å². The standard InChI is InChI=1S/C28H38N/c1-9-27(8)21-19-23-22(25(4,5)15-16-26(23,6)7)18-20(21)24-14-12-13-17-29(24)28(27,10-2)11-3/h10,12-14,17-19H,2,9,11,15-16H2,1,3-8H3/q+1. The minimum atomic E-state index is -0.117. The molecule has 2 aliphatic rings. The molecule has 0 saturated heterocycles. The molecule has 2 aromatic rings. The quantitative estimate of drug-likeness (QED) is 0.395. The summed E-state index contributed by atoms with van der Waals surface area (Å²) >= 11 is 0. The van der Waals surface area contributed by atoms with Gasteiger partial charge in [-0.2, -0.15) is 4.57 Å². The highest BCUT2D eigenvalue weighted by Gasteiger charge is 2.58. The number of aromatic nitrogens is 1. The Morgan fingerprint density at radius 3 is 2.07 bits per heavy atom. The number of benzene rings is 1. The van der Waals surface area contributed by atoms with Crippen molar-refractivity contribution in [3.63, 3.8) is 0 Å². The summed E-state index contributed by atoms with van der Waals surface area (Å²) in [4.78, 5) is 0. The molecule has 0 amide bonds. The number of allylic oxidation sites excluding steroid dienone is 1. The zero-order valence-electron chi connectivity index (χ0n) is 19.5. The van der Waals surface area contributed by atoms with Gasteiger partial charge in [0.1, 0.15) is 0 Å². The van der Waals surface area contributed by atoms with Crippen LogP contribution in [0, 0.1) is 0 Å². The lowest BCUT2D eigenvalue weighted by molar-refractivity contribution is -0.756. The Kier molecular flexibility index (Phi) is 4.43. The van der Waals surface area contributed by atoms with Crippen molar-refractivity contribution in [2.75, 3.05) is 0 Å². The van der Waals surface area contributed by atoms with E-state index in [-0.39, 0.29) is 21.8 Å². The van der Waals surface area contributed by atoms with Crippen LogP contribution in [0.25, 0.3) is 11.3 Å². The van der Waals surface area contributed by atoms with Crippen molar-refractivity contribution >= 4 is 0 Å². The van der Waals surface area contributed by atoms with E-state index >= 15 is 0 Å². The van der Waals surface area contributed by atoms with Crippen LogP contribution < -0.4 is 4.57 Å². The summed E-state index contributed by atoms with van der Waals surface area (Å²) in [6.45, 7) is 21.2. The summed E-state index contributed by atoms with van der Waals surface area (Å²) in [5, 5.41) is 0. The van der Waals surface area contributed by atoms with Gasteiger partial charge in [-0.3, -0.25) is 0 Å². The van der Waals surface area contributed by atoms with Crippen LogP contribution in [-0.2, 0) is 21.8 Å². The minimum Gasteiger partial charge on any atom is -0.188 e. The lowest BCUT2D eigenvalue weighted by atomic mass is 9.56. The lowest BCUT2D eigenvalue weighted by Gasteiger charge is -2.49. The third-order valence-electron chi connectivity index (χ3n) is 8.69. The van der Waals surface area contributed by atoms with Gasteiger partial charge in [0.15, 0.2) is 11.7 Å². The van der Waals surface area contributed by atoms with Crippen LogP contribution in [0.3, 0.4) is 0 Å². The fraction of sp³-hybridized carbons (Fsp3) is 0.536. The van der Waals surface area contributed by atoms with Gasteiger partial charge in [0.25, 0.3) is 0 Å². The van der Waals surface area contributed by atoms with Gasteiger partial charge >= 0.3 is 0 Å². The van der Waals surface area contributed by atoms with Crippen molar-refractivity contribution in [3.05, 3.63) is 65.9 Å². The first-order chi connectivity index (χ1) is 13.6. The van der Waals surface area contributed by atoms with Crippen LogP contribution in [0.5, 0.6) is 0 Å². The van der Waals surface area contributed by atoms with Gasteiger partial charge in [0.05, 0.1) is 11.0 Å². The van der Waals surface area contributed by atoms with Gasteiger partial charge < -0.3 is 0 Å². The molecular weight excluding hydrogens is 350 g/mol. The van der Waals surface area contributed by atoms with Gasteiger partial charge in [-0.05, 0) is 71.9 Å². The van der Waals surface area contributed by atoms with Gasteiger partial charge in [0, 0.05) is 18.6 Å². The second-order valence-corrected chi connectivity index (χ2v) is 10.8. The second kappa shape index (κ2) is 6.30. The molecule has 0 N–H and O–H groups in total. The molecule has 2 atom stereocenters. The topological polar surface area (TPSA) is 3.88 Å². The molecule has 1 aliphatic heterocycles. The van der Waals surface area contributed by atoms with E-state index in [1.807, 2.05) is 0 Å². The van der Waals surface area contributed by atoms with E-state index in [0.717, 1.165) is 12.8 Å². The summed E-state index contributed by atoms with van der Waals surface area (Å²) in [5.41, 5.74) is 7.70. The van der Waals surface area contributed by atoms with E-state index in [0.29, 0.717) is 0 Å². The van der Waals surface area contributed by atoms with Crippen LogP contribution in [0.15, 0.2) is 49.2 Å². The van der Waals surface area contributed by atoms with E-state index < -0.39 is 0 Å². The fourth-order valence-electron chi connectivity index (χ4n) is 6.32. The Morgan fingerprint density at radius 1 is 0.897 bits per heavy atom. The van der Waals surface area contributed by atoms with E-state index in [1.54, 1.807) is 11.1 Å². The molecule has 2 unspecified atom stereocenters. The third-order valence-corrected chi connectivity index (χ3v) is 8.69. The summed E-state index contributed by atoms with van der Waals surface area (Å²) in [6, 6.07) is 11.8. The summed E-state index contributed by atoms with van der Waals surface area (Å²) in [5.74, 6) is 0. The molecule has 0 bridgehead atoms. The average molecular weight is 389 g/mol. The lowest BCUT2D eigenvalue weighted by Crippen LogP contribution is -2.68. The molecule has 1 aliphatic carbocycles. The van der Waals surface area contributed by atoms with Crippen molar-refractivity contribution in [3.8, 4) is 11.3 Å². The Bertz CT molecular complexity index is 980. The Morgan fingerprint density at radius 2 is 1.52 bits per heavy atom. The predicted molar refractivity (Wildman–Crippen MR) is 123 cm³/mol.